The van der Waals surface area contributed by atoms with Crippen molar-refractivity contribution in [1.82, 2.24) is 34.0 Å². The number of aliphatic hydroxyl groups is 1. The van der Waals surface area contributed by atoms with Gasteiger partial charge in [0.25, 0.3) is 5.78 Å². The number of benzene rings is 2. The molecule has 1 N–H and O–H groups in total. The highest BCUT2D eigenvalue weighted by Crippen LogP contribution is 2.41. The van der Waals surface area contributed by atoms with Crippen LogP contribution in [0.1, 0.15) is 50.1 Å². The molecule has 5 aromatic rings. The molecule has 2 aliphatic rings. The third kappa shape index (κ3) is 4.95. The van der Waals surface area contributed by atoms with Crippen LogP contribution in [0.25, 0.3) is 16.9 Å². The van der Waals surface area contributed by atoms with Gasteiger partial charge >= 0.3 is 0 Å². The number of nitrogens with zero attached hydrogens (tertiary/aromatic N) is 8. The van der Waals surface area contributed by atoms with E-state index in [0.717, 1.165) is 59.8 Å². The Hall–Kier alpha value is -4.00. The summed E-state index contributed by atoms with van der Waals surface area (Å²) in [7, 11) is 0. The Morgan fingerprint density at radius 1 is 1.00 bits per heavy atom. The van der Waals surface area contributed by atoms with E-state index in [1.165, 1.54) is 24.3 Å². The van der Waals surface area contributed by atoms with Crippen molar-refractivity contribution in [1.29, 1.82) is 0 Å². The van der Waals surface area contributed by atoms with Gasteiger partial charge in [0.2, 0.25) is 0 Å². The molecule has 0 spiro atoms. The summed E-state index contributed by atoms with van der Waals surface area (Å²) in [5.74, 6) is 1.39. The molecule has 0 bridgehead atoms. The van der Waals surface area contributed by atoms with E-state index >= 15 is 0 Å². The SMILES string of the molecule is CC[C@@H]1CN(c2nc3nncn3c3c2nc(C)n3C[C@@H]2CCCO2)[C@@H](C)CN1C(CO)(c1ccc(F)cc1)c1ccc(F)cc1. The summed E-state index contributed by atoms with van der Waals surface area (Å²) in [6.45, 7) is 8.59. The zero-order valence-corrected chi connectivity index (χ0v) is 25.8. The molecule has 3 atom stereocenters. The van der Waals surface area contributed by atoms with Crippen LogP contribution in [0.3, 0.4) is 0 Å². The first-order chi connectivity index (χ1) is 21.8. The maximum absolute atomic E-state index is 14.1. The fourth-order valence-corrected chi connectivity index (χ4v) is 7.33. The predicted octanol–water partition coefficient (Wildman–Crippen LogP) is 4.46. The summed E-state index contributed by atoms with van der Waals surface area (Å²) in [6, 6.07) is 12.4. The molecule has 7 rings (SSSR count). The average molecular weight is 617 g/mol. The van der Waals surface area contributed by atoms with Crippen molar-refractivity contribution in [3.63, 3.8) is 0 Å². The zero-order chi connectivity index (χ0) is 31.3. The smallest absolute Gasteiger partial charge is 0.258 e. The van der Waals surface area contributed by atoms with Gasteiger partial charge in [-0.25, -0.2) is 18.2 Å². The number of piperazine rings is 1. The molecule has 2 aliphatic heterocycles. The number of aryl methyl sites for hydroxylation is 1. The van der Waals surface area contributed by atoms with E-state index in [1.807, 2.05) is 11.3 Å². The van der Waals surface area contributed by atoms with E-state index in [1.54, 1.807) is 30.6 Å². The van der Waals surface area contributed by atoms with Crippen molar-refractivity contribution < 1.29 is 18.6 Å². The number of fused-ring (bicyclic) bond motifs is 3. The summed E-state index contributed by atoms with van der Waals surface area (Å²) in [4.78, 5) is 14.6. The van der Waals surface area contributed by atoms with Crippen LogP contribution in [0.15, 0.2) is 54.9 Å². The number of aromatic nitrogens is 6. The quantitative estimate of drug-likeness (QED) is 0.273. The predicted molar refractivity (Wildman–Crippen MR) is 166 cm³/mol. The van der Waals surface area contributed by atoms with Crippen LogP contribution in [-0.4, -0.2) is 83.6 Å². The largest absolute Gasteiger partial charge is 0.394 e. The number of anilines is 1. The lowest BCUT2D eigenvalue weighted by Gasteiger charge is -2.54. The molecule has 2 aromatic carbocycles. The monoisotopic (exact) mass is 616 g/mol. The van der Waals surface area contributed by atoms with Crippen LogP contribution in [0.5, 0.6) is 0 Å². The van der Waals surface area contributed by atoms with E-state index in [0.29, 0.717) is 25.4 Å². The second kappa shape index (κ2) is 11.7. The van der Waals surface area contributed by atoms with Crippen molar-refractivity contribution in [3.05, 3.63) is 83.4 Å². The summed E-state index contributed by atoms with van der Waals surface area (Å²) >= 11 is 0. The van der Waals surface area contributed by atoms with Crippen molar-refractivity contribution >= 4 is 22.8 Å². The van der Waals surface area contributed by atoms with Gasteiger partial charge in [-0.1, -0.05) is 31.2 Å². The number of rotatable bonds is 8. The molecule has 0 aliphatic carbocycles. The minimum Gasteiger partial charge on any atom is -0.394 e. The molecule has 3 aromatic heterocycles. The van der Waals surface area contributed by atoms with Gasteiger partial charge < -0.3 is 19.3 Å². The Kier molecular flexibility index (Phi) is 7.74. The molecule has 0 radical (unpaired) electrons. The molecule has 0 amide bonds. The lowest BCUT2D eigenvalue weighted by molar-refractivity contribution is 0.00381. The van der Waals surface area contributed by atoms with Gasteiger partial charge in [0.05, 0.1) is 24.8 Å². The second-order valence-corrected chi connectivity index (χ2v) is 12.3. The third-order valence-electron chi connectivity index (χ3n) is 9.66. The standard InChI is InChI=1S/C33H38F2N8O2/c1-4-27-17-40(30-29-31(42-20-36-39-32(42)38-30)41(22(3)37-29)18-28-6-5-15-45-28)21(2)16-43(27)33(19-44,23-7-11-25(34)12-8-23)24-9-13-26(35)14-10-24/h7-14,20-21,27-28,44H,4-6,15-19H2,1-3H3/t21-,27+,28-/m0/s1. The molecule has 0 saturated carbocycles. The zero-order valence-electron chi connectivity index (χ0n) is 25.8. The van der Waals surface area contributed by atoms with E-state index in [4.69, 9.17) is 14.7 Å². The number of hydrogen-bond donors (Lipinski definition) is 1. The van der Waals surface area contributed by atoms with Gasteiger partial charge in [0.15, 0.2) is 11.5 Å². The maximum Gasteiger partial charge on any atom is 0.258 e. The van der Waals surface area contributed by atoms with Crippen molar-refractivity contribution in [3.8, 4) is 0 Å². The van der Waals surface area contributed by atoms with Gasteiger partial charge in [-0.15, -0.1) is 10.2 Å². The number of imidazole rings is 1. The number of ether oxygens (including phenoxy) is 1. The number of aliphatic hydroxyl groups excluding tert-OH is 1. The van der Waals surface area contributed by atoms with Gasteiger partial charge in [-0.3, -0.25) is 4.90 Å². The fourth-order valence-electron chi connectivity index (χ4n) is 7.33. The Bertz CT molecular complexity index is 1750. The Balaban J connectivity index is 1.32. The lowest BCUT2D eigenvalue weighted by atomic mass is 9.79. The first-order valence-electron chi connectivity index (χ1n) is 15.7. The highest BCUT2D eigenvalue weighted by Gasteiger charge is 2.47. The third-order valence-corrected chi connectivity index (χ3v) is 9.66. The van der Waals surface area contributed by atoms with E-state index in [-0.39, 0.29) is 36.4 Å². The minimum absolute atomic E-state index is 0.0514. The van der Waals surface area contributed by atoms with Crippen LogP contribution in [0.2, 0.25) is 0 Å². The molecule has 12 heteroatoms. The van der Waals surface area contributed by atoms with Gasteiger partial charge in [-0.05, 0) is 68.5 Å². The molecule has 10 nitrogen and oxygen atoms in total. The van der Waals surface area contributed by atoms with Crippen LogP contribution < -0.4 is 4.90 Å². The second-order valence-electron chi connectivity index (χ2n) is 12.3. The molecule has 0 unspecified atom stereocenters. The topological polar surface area (TPSA) is 96.8 Å². The summed E-state index contributed by atoms with van der Waals surface area (Å²) in [5.41, 5.74) is 2.12. The normalized spacial score (nSPS) is 21.4. The minimum atomic E-state index is -1.03. The average Bonchev–Trinajstić information content (AvgIpc) is 3.80. The van der Waals surface area contributed by atoms with E-state index in [9.17, 15) is 13.9 Å². The Morgan fingerprint density at radius 3 is 2.29 bits per heavy atom. The van der Waals surface area contributed by atoms with Crippen molar-refractivity contribution in [2.45, 2.75) is 70.3 Å². The van der Waals surface area contributed by atoms with Crippen LogP contribution in [0, 0.1) is 18.6 Å². The Labute approximate surface area is 260 Å². The summed E-state index contributed by atoms with van der Waals surface area (Å²) in [5, 5.41) is 19.8. The van der Waals surface area contributed by atoms with Crippen LogP contribution in [0.4, 0.5) is 14.6 Å². The molecule has 5 heterocycles. The molecular weight excluding hydrogens is 578 g/mol. The van der Waals surface area contributed by atoms with Gasteiger partial charge in [-0.2, -0.15) is 4.98 Å². The van der Waals surface area contributed by atoms with Crippen LogP contribution >= 0.6 is 0 Å². The van der Waals surface area contributed by atoms with E-state index in [2.05, 4.69) is 38.4 Å². The molecule has 2 fully saturated rings. The highest BCUT2D eigenvalue weighted by molar-refractivity contribution is 5.87. The van der Waals surface area contributed by atoms with E-state index < -0.39 is 5.54 Å². The summed E-state index contributed by atoms with van der Waals surface area (Å²) in [6.07, 6.45) is 4.63. The lowest BCUT2D eigenvalue weighted by Crippen LogP contribution is -2.65. The maximum atomic E-state index is 14.1. The summed E-state index contributed by atoms with van der Waals surface area (Å²) < 4.78 is 38.3. The first kappa shape index (κ1) is 29.7. The van der Waals surface area contributed by atoms with Crippen molar-refractivity contribution in [2.24, 2.45) is 0 Å². The van der Waals surface area contributed by atoms with Gasteiger partial charge in [0, 0.05) is 31.8 Å². The molecule has 2 saturated heterocycles. The highest BCUT2D eigenvalue weighted by atomic mass is 19.1. The number of halogens is 2. The van der Waals surface area contributed by atoms with Crippen molar-refractivity contribution in [2.75, 3.05) is 31.2 Å². The molecular formula is C33H38F2N8O2. The van der Waals surface area contributed by atoms with Gasteiger partial charge in [0.1, 0.15) is 29.3 Å². The molecule has 236 valence electrons. The fraction of sp³-hybridized carbons (Fsp3) is 0.455. The Morgan fingerprint density at radius 2 is 1.69 bits per heavy atom. The van der Waals surface area contributed by atoms with Crippen LogP contribution in [-0.2, 0) is 16.8 Å². The number of hydrogen-bond acceptors (Lipinski definition) is 8. The first-order valence-corrected chi connectivity index (χ1v) is 15.7. The molecule has 45 heavy (non-hydrogen) atoms.